The Morgan fingerprint density at radius 1 is 1.25 bits per heavy atom. The van der Waals surface area contributed by atoms with E-state index in [9.17, 15) is 4.79 Å². The minimum absolute atomic E-state index is 0.190. The van der Waals surface area contributed by atoms with Gasteiger partial charge in [0, 0.05) is 13.1 Å². The van der Waals surface area contributed by atoms with Crippen LogP contribution in [0.3, 0.4) is 0 Å². The lowest BCUT2D eigenvalue weighted by atomic mass is 10.1. The molecule has 2 aromatic rings. The molecule has 10 heteroatoms. The summed E-state index contributed by atoms with van der Waals surface area (Å²) in [6.07, 6.45) is 3.47. The summed E-state index contributed by atoms with van der Waals surface area (Å²) in [6.45, 7) is 3.78. The van der Waals surface area contributed by atoms with Crippen molar-refractivity contribution >= 4 is 23.4 Å². The molecule has 0 atom stereocenters. The monoisotopic (exact) mass is 349 g/mol. The molecule has 1 N–H and O–H groups in total. The number of hydrogen-bond donors (Lipinski definition) is 1. The van der Waals surface area contributed by atoms with Crippen molar-refractivity contribution in [3.05, 3.63) is 16.4 Å². The number of carbonyl (C=O) groups excluding carboxylic acids is 1. The van der Waals surface area contributed by atoms with E-state index in [0.29, 0.717) is 22.3 Å². The molecule has 1 aliphatic heterocycles. The van der Waals surface area contributed by atoms with Gasteiger partial charge in [-0.05, 0) is 37.7 Å². The predicted octanol–water partition coefficient (Wildman–Crippen LogP) is 0.960. The Labute approximate surface area is 143 Å². The minimum Gasteiger partial charge on any atom is -0.467 e. The maximum Gasteiger partial charge on any atom is 0.321 e. The van der Waals surface area contributed by atoms with E-state index < -0.39 is 0 Å². The molecule has 3 rings (SSSR count). The van der Waals surface area contributed by atoms with Crippen LogP contribution in [0.5, 0.6) is 6.01 Å². The number of hydrogen-bond acceptors (Lipinski definition) is 9. The summed E-state index contributed by atoms with van der Waals surface area (Å²) in [4.78, 5) is 27.7. The summed E-state index contributed by atoms with van der Waals surface area (Å²) in [5, 5.41) is 6.62. The van der Waals surface area contributed by atoms with Crippen LogP contribution < -0.4 is 15.0 Å². The van der Waals surface area contributed by atoms with Gasteiger partial charge in [-0.15, -0.1) is 5.10 Å². The van der Waals surface area contributed by atoms with Crippen LogP contribution in [0, 0.1) is 6.92 Å². The van der Waals surface area contributed by atoms with Crippen molar-refractivity contribution in [3.63, 3.8) is 0 Å². The lowest BCUT2D eigenvalue weighted by Gasteiger charge is -2.26. The number of nitrogens with one attached hydrogen (secondary N) is 1. The molecule has 0 aliphatic carbocycles. The average molecular weight is 349 g/mol. The fourth-order valence-electron chi connectivity index (χ4n) is 2.47. The van der Waals surface area contributed by atoms with Crippen molar-refractivity contribution in [1.82, 2.24) is 29.9 Å². The molecule has 0 bridgehead atoms. The number of nitrogens with zero attached hydrogens (tertiary/aromatic N) is 6. The smallest absolute Gasteiger partial charge is 0.321 e. The van der Waals surface area contributed by atoms with Crippen molar-refractivity contribution in [2.24, 2.45) is 0 Å². The van der Waals surface area contributed by atoms with Gasteiger partial charge in [-0.1, -0.05) is 4.49 Å². The van der Waals surface area contributed by atoms with Crippen LogP contribution in [0.1, 0.15) is 40.5 Å². The number of anilines is 1. The third kappa shape index (κ3) is 3.75. The highest BCUT2D eigenvalue weighted by molar-refractivity contribution is 7.07. The Balaban J connectivity index is 1.72. The van der Waals surface area contributed by atoms with E-state index in [2.05, 4.69) is 34.8 Å². The quantitative estimate of drug-likeness (QED) is 0.851. The van der Waals surface area contributed by atoms with Gasteiger partial charge in [0.1, 0.15) is 4.88 Å². The van der Waals surface area contributed by atoms with E-state index in [1.54, 1.807) is 6.92 Å². The third-order valence-corrected chi connectivity index (χ3v) is 4.56. The van der Waals surface area contributed by atoms with Gasteiger partial charge in [-0.25, -0.2) is 0 Å². The van der Waals surface area contributed by atoms with E-state index in [1.165, 1.54) is 13.5 Å². The zero-order valence-corrected chi connectivity index (χ0v) is 14.5. The average Bonchev–Trinajstić information content (AvgIpc) is 3.06. The Hall–Kier alpha value is -2.36. The molecular formula is C14H19N7O2S. The lowest BCUT2D eigenvalue weighted by molar-refractivity contribution is 0.0953. The largest absolute Gasteiger partial charge is 0.467 e. The fourth-order valence-corrected chi connectivity index (χ4v) is 3.04. The van der Waals surface area contributed by atoms with Gasteiger partial charge in [0.2, 0.25) is 5.95 Å². The van der Waals surface area contributed by atoms with Crippen molar-refractivity contribution < 1.29 is 9.53 Å². The van der Waals surface area contributed by atoms with E-state index in [0.717, 1.165) is 37.5 Å². The maximum atomic E-state index is 12.1. The zero-order valence-electron chi connectivity index (χ0n) is 13.7. The summed E-state index contributed by atoms with van der Waals surface area (Å²) in [5.41, 5.74) is 0.611. The Morgan fingerprint density at radius 3 is 2.71 bits per heavy atom. The molecule has 1 fully saturated rings. The topological polar surface area (TPSA) is 106 Å². The van der Waals surface area contributed by atoms with Crippen LogP contribution in [-0.4, -0.2) is 50.6 Å². The lowest BCUT2D eigenvalue weighted by Crippen LogP contribution is -2.32. The Bertz CT molecular complexity index is 715. The van der Waals surface area contributed by atoms with Crippen LogP contribution in [0.25, 0.3) is 0 Å². The number of rotatable bonds is 5. The molecule has 0 spiro atoms. The van der Waals surface area contributed by atoms with Crippen LogP contribution in [0.15, 0.2) is 0 Å². The first-order valence-electron chi connectivity index (χ1n) is 7.78. The second-order valence-corrected chi connectivity index (χ2v) is 6.21. The first-order valence-corrected chi connectivity index (χ1v) is 8.56. The highest BCUT2D eigenvalue weighted by Crippen LogP contribution is 2.17. The van der Waals surface area contributed by atoms with Crippen molar-refractivity contribution in [3.8, 4) is 6.01 Å². The number of piperidine rings is 1. The molecule has 9 nitrogen and oxygen atoms in total. The number of ether oxygens (including phenoxy) is 1. The van der Waals surface area contributed by atoms with Crippen LogP contribution in [0.2, 0.25) is 0 Å². The first kappa shape index (κ1) is 16.5. The summed E-state index contributed by atoms with van der Waals surface area (Å²) in [5.74, 6) is 0.828. The summed E-state index contributed by atoms with van der Waals surface area (Å²) < 4.78 is 8.93. The normalized spacial score (nSPS) is 14.5. The highest BCUT2D eigenvalue weighted by atomic mass is 32.1. The van der Waals surface area contributed by atoms with Crippen molar-refractivity contribution in [2.45, 2.75) is 32.7 Å². The van der Waals surface area contributed by atoms with Crippen molar-refractivity contribution in [1.29, 1.82) is 0 Å². The number of aromatic nitrogens is 5. The summed E-state index contributed by atoms with van der Waals surface area (Å²) >= 11 is 1.07. The van der Waals surface area contributed by atoms with Crippen molar-refractivity contribution in [2.75, 3.05) is 25.1 Å². The standard InChI is InChI=1S/C14H19N7O2S/c1-9-11(24-20-19-9)12(22)15-8-10-16-13(18-14(17-10)23-2)21-6-4-3-5-7-21/h3-8H2,1-2H3,(H,15,22). The minimum atomic E-state index is -0.235. The molecule has 24 heavy (non-hydrogen) atoms. The first-order chi connectivity index (χ1) is 11.7. The molecule has 1 aliphatic rings. The molecule has 2 aromatic heterocycles. The molecule has 0 radical (unpaired) electrons. The van der Waals surface area contributed by atoms with Gasteiger partial charge in [0.15, 0.2) is 5.82 Å². The zero-order chi connectivity index (χ0) is 16.9. The van der Waals surface area contributed by atoms with Gasteiger partial charge in [-0.3, -0.25) is 4.79 Å². The molecule has 0 saturated carbocycles. The predicted molar refractivity (Wildman–Crippen MR) is 88.3 cm³/mol. The Kier molecular flexibility index (Phi) is 5.14. The van der Waals surface area contributed by atoms with Gasteiger partial charge in [0.25, 0.3) is 5.91 Å². The SMILES string of the molecule is COc1nc(CNC(=O)c2snnc2C)nc(N2CCCCC2)n1. The highest BCUT2D eigenvalue weighted by Gasteiger charge is 2.18. The maximum absolute atomic E-state index is 12.1. The summed E-state index contributed by atoms with van der Waals surface area (Å²) in [6, 6.07) is 0.255. The molecule has 0 aromatic carbocycles. The molecule has 0 unspecified atom stereocenters. The molecule has 1 amide bonds. The van der Waals surface area contributed by atoms with E-state index in [-0.39, 0.29) is 18.5 Å². The van der Waals surface area contributed by atoms with E-state index in [1.807, 2.05) is 0 Å². The Morgan fingerprint density at radius 2 is 2.04 bits per heavy atom. The second kappa shape index (κ2) is 7.47. The molecule has 3 heterocycles. The summed E-state index contributed by atoms with van der Waals surface area (Å²) in [7, 11) is 1.52. The van der Waals surface area contributed by atoms with Gasteiger partial charge < -0.3 is 15.0 Å². The van der Waals surface area contributed by atoms with Gasteiger partial charge in [0.05, 0.1) is 19.3 Å². The van der Waals surface area contributed by atoms with E-state index >= 15 is 0 Å². The number of amides is 1. The van der Waals surface area contributed by atoms with Gasteiger partial charge >= 0.3 is 6.01 Å². The second-order valence-electron chi connectivity index (χ2n) is 5.46. The van der Waals surface area contributed by atoms with Crippen LogP contribution in [-0.2, 0) is 6.54 Å². The van der Waals surface area contributed by atoms with E-state index in [4.69, 9.17) is 4.74 Å². The number of carbonyl (C=O) groups is 1. The number of methoxy groups -OCH3 is 1. The molecule has 128 valence electrons. The number of aryl methyl sites for hydroxylation is 1. The van der Waals surface area contributed by atoms with Gasteiger partial charge in [-0.2, -0.15) is 15.0 Å². The third-order valence-electron chi connectivity index (χ3n) is 3.74. The molecular weight excluding hydrogens is 330 g/mol. The van der Waals surface area contributed by atoms with Crippen LogP contribution in [0.4, 0.5) is 5.95 Å². The molecule has 1 saturated heterocycles. The fraction of sp³-hybridized carbons (Fsp3) is 0.571. The van der Waals surface area contributed by atoms with Crippen LogP contribution >= 0.6 is 11.5 Å².